The van der Waals surface area contributed by atoms with Crippen LogP contribution < -0.4 is 10.7 Å². The molecule has 1 atom stereocenters. The lowest BCUT2D eigenvalue weighted by molar-refractivity contribution is 0.0154. The van der Waals surface area contributed by atoms with Crippen molar-refractivity contribution in [2.24, 2.45) is 11.0 Å². The number of benzene rings is 2. The zero-order chi connectivity index (χ0) is 27.1. The van der Waals surface area contributed by atoms with Crippen LogP contribution in [-0.2, 0) is 14.6 Å². The number of sulfone groups is 1. The molecule has 1 spiro atoms. The third kappa shape index (κ3) is 5.28. The van der Waals surface area contributed by atoms with Crippen molar-refractivity contribution in [2.75, 3.05) is 6.26 Å². The molecule has 1 saturated carbocycles. The summed E-state index contributed by atoms with van der Waals surface area (Å²) in [5.41, 5.74) is 3.83. The smallest absolute Gasteiger partial charge is 0.428 e. The molecule has 1 fully saturated rings. The van der Waals surface area contributed by atoms with Crippen molar-refractivity contribution < 1.29 is 27.1 Å². The Bertz CT molecular complexity index is 1520. The number of carbonyl (C=O) groups excluding carboxylic acids is 2. The molecule has 2 heterocycles. The van der Waals surface area contributed by atoms with E-state index in [1.54, 1.807) is 24.3 Å². The Morgan fingerprint density at radius 3 is 2.58 bits per heavy atom. The fraction of sp³-hybridized carbons (Fsp3) is 0.370. The number of nitrogens with zero attached hydrogens (tertiary/aromatic N) is 1. The summed E-state index contributed by atoms with van der Waals surface area (Å²) < 4.78 is 42.9. The second-order valence-corrected chi connectivity index (χ2v) is 12.2. The fourth-order valence-corrected chi connectivity index (χ4v) is 6.07. The molecule has 2 aliphatic rings. The van der Waals surface area contributed by atoms with E-state index in [-0.39, 0.29) is 22.7 Å². The number of hydrazone groups is 1. The minimum atomic E-state index is -3.33. The van der Waals surface area contributed by atoms with E-state index >= 15 is 0 Å². The molecule has 2 amide bonds. The van der Waals surface area contributed by atoms with Crippen LogP contribution in [0.15, 0.2) is 58.5 Å². The zero-order valence-electron chi connectivity index (χ0n) is 21.1. The van der Waals surface area contributed by atoms with Gasteiger partial charge in [0.15, 0.2) is 15.4 Å². The fourth-order valence-electron chi connectivity index (χ4n) is 5.44. The molecule has 11 heteroatoms. The zero-order valence-corrected chi connectivity index (χ0v) is 21.9. The van der Waals surface area contributed by atoms with Gasteiger partial charge < -0.3 is 15.0 Å². The molecule has 0 bridgehead atoms. The largest absolute Gasteiger partial charge is 0.435 e. The Morgan fingerprint density at radius 2 is 1.89 bits per heavy atom. The number of nitrogens with one attached hydrogen (secondary N) is 3. The molecule has 1 aromatic heterocycles. The molecule has 2 aromatic carbocycles. The first-order valence-electron chi connectivity index (χ1n) is 12.5. The summed E-state index contributed by atoms with van der Waals surface area (Å²) in [5.74, 6) is -0.304. The van der Waals surface area contributed by atoms with Crippen LogP contribution in [0.25, 0.3) is 10.9 Å². The first kappa shape index (κ1) is 25.9. The lowest BCUT2D eigenvalue weighted by Gasteiger charge is -2.42. The summed E-state index contributed by atoms with van der Waals surface area (Å²) in [6.07, 6.45) is 3.94. The Morgan fingerprint density at radius 1 is 1.18 bits per heavy atom. The minimum absolute atomic E-state index is 0.100. The molecular weight excluding hydrogens is 511 g/mol. The van der Waals surface area contributed by atoms with Crippen LogP contribution in [0, 0.1) is 11.7 Å². The van der Waals surface area contributed by atoms with E-state index in [4.69, 9.17) is 4.74 Å². The van der Waals surface area contributed by atoms with Gasteiger partial charge in [-0.1, -0.05) is 12.1 Å². The molecule has 1 aliphatic heterocycles. The maximum atomic E-state index is 13.5. The molecule has 3 aromatic rings. The molecule has 1 aliphatic carbocycles. The van der Waals surface area contributed by atoms with Gasteiger partial charge in [-0.3, -0.25) is 4.79 Å². The molecule has 9 nitrogen and oxygen atoms in total. The van der Waals surface area contributed by atoms with E-state index in [2.05, 4.69) is 20.8 Å². The third-order valence-electron chi connectivity index (χ3n) is 7.34. The van der Waals surface area contributed by atoms with E-state index in [1.165, 1.54) is 24.3 Å². The van der Waals surface area contributed by atoms with Gasteiger partial charge in [-0.2, -0.15) is 5.10 Å². The first-order valence-corrected chi connectivity index (χ1v) is 14.4. The molecular formula is C27H29FN4O5S. The van der Waals surface area contributed by atoms with Crippen LogP contribution >= 0.6 is 0 Å². The average molecular weight is 541 g/mol. The lowest BCUT2D eigenvalue weighted by atomic mass is 9.73. The average Bonchev–Trinajstić information content (AvgIpc) is 3.29. The third-order valence-corrected chi connectivity index (χ3v) is 8.47. The Kier molecular flexibility index (Phi) is 6.72. The Hall–Kier alpha value is -3.73. The van der Waals surface area contributed by atoms with Crippen LogP contribution in [0.4, 0.5) is 9.18 Å². The van der Waals surface area contributed by atoms with E-state index in [9.17, 15) is 22.4 Å². The topological polar surface area (TPSA) is 130 Å². The maximum absolute atomic E-state index is 13.5. The van der Waals surface area contributed by atoms with Crippen molar-refractivity contribution in [1.82, 2.24) is 15.7 Å². The van der Waals surface area contributed by atoms with Crippen molar-refractivity contribution in [3.05, 3.63) is 65.6 Å². The van der Waals surface area contributed by atoms with Crippen LogP contribution in [-0.4, -0.2) is 49.0 Å². The summed E-state index contributed by atoms with van der Waals surface area (Å²) in [7, 11) is -3.33. The van der Waals surface area contributed by atoms with Crippen LogP contribution in [0.2, 0.25) is 0 Å². The monoisotopic (exact) mass is 540 g/mol. The van der Waals surface area contributed by atoms with Crippen molar-refractivity contribution >= 4 is 38.5 Å². The molecule has 0 saturated heterocycles. The van der Waals surface area contributed by atoms with Crippen LogP contribution in [0.3, 0.4) is 0 Å². The number of hydrogen-bond acceptors (Lipinski definition) is 6. The number of carbonyl (C=O) groups is 2. The number of amides is 2. The number of rotatable bonds is 6. The van der Waals surface area contributed by atoms with Gasteiger partial charge in [-0.05, 0) is 81.3 Å². The second-order valence-electron chi connectivity index (χ2n) is 10.2. The number of halogens is 1. The molecule has 38 heavy (non-hydrogen) atoms. The summed E-state index contributed by atoms with van der Waals surface area (Å²) in [6.45, 7) is 1.95. The summed E-state index contributed by atoms with van der Waals surface area (Å²) >= 11 is 0. The van der Waals surface area contributed by atoms with E-state index < -0.39 is 21.5 Å². The molecule has 200 valence electrons. The highest BCUT2D eigenvalue weighted by atomic mass is 32.2. The van der Waals surface area contributed by atoms with Gasteiger partial charge in [0, 0.05) is 28.8 Å². The summed E-state index contributed by atoms with van der Waals surface area (Å²) in [5, 5.41) is 7.95. The standard InChI is InChI=1S/C27H29FN4O5S/c1-16(29-25(33)23-15-19-14-20(28)5-8-22(19)30-23)13-17-9-11-27(12-10-17)24(31-32-26(34)37-27)18-3-6-21(7-4-18)38(2,35)36/h3-8,14-17,30H,9-13H2,1-2H3,(H,29,33)(H,32,34)/t16-,17?,27?/m0/s1. The predicted octanol–water partition coefficient (Wildman–Crippen LogP) is 4.29. The summed E-state index contributed by atoms with van der Waals surface area (Å²) in [6, 6.07) is 12.3. The van der Waals surface area contributed by atoms with Gasteiger partial charge in [-0.15, -0.1) is 0 Å². The quantitative estimate of drug-likeness (QED) is 0.430. The number of hydrogen-bond donors (Lipinski definition) is 3. The van der Waals surface area contributed by atoms with Gasteiger partial charge in [0.05, 0.1) is 4.90 Å². The summed E-state index contributed by atoms with van der Waals surface area (Å²) in [4.78, 5) is 28.1. The van der Waals surface area contributed by atoms with E-state index in [0.29, 0.717) is 46.6 Å². The highest BCUT2D eigenvalue weighted by Crippen LogP contribution is 2.40. The van der Waals surface area contributed by atoms with Crippen LogP contribution in [0.1, 0.15) is 55.1 Å². The van der Waals surface area contributed by atoms with Gasteiger partial charge in [0.25, 0.3) is 5.91 Å². The number of aromatic nitrogens is 1. The van der Waals surface area contributed by atoms with Gasteiger partial charge in [0.2, 0.25) is 0 Å². The first-order chi connectivity index (χ1) is 18.0. The van der Waals surface area contributed by atoms with E-state index in [0.717, 1.165) is 25.5 Å². The van der Waals surface area contributed by atoms with Crippen LogP contribution in [0.5, 0.6) is 0 Å². The minimum Gasteiger partial charge on any atom is -0.435 e. The van der Waals surface area contributed by atoms with Crippen molar-refractivity contribution in [3.8, 4) is 0 Å². The van der Waals surface area contributed by atoms with Gasteiger partial charge >= 0.3 is 6.09 Å². The molecule has 5 rings (SSSR count). The number of fused-ring (bicyclic) bond motifs is 1. The van der Waals surface area contributed by atoms with Gasteiger partial charge in [-0.25, -0.2) is 23.0 Å². The lowest BCUT2D eigenvalue weighted by Crippen LogP contribution is -2.52. The molecule has 0 unspecified atom stereocenters. The van der Waals surface area contributed by atoms with Crippen molar-refractivity contribution in [2.45, 2.75) is 55.6 Å². The maximum Gasteiger partial charge on any atom is 0.428 e. The number of H-pyrrole nitrogens is 1. The van der Waals surface area contributed by atoms with Crippen molar-refractivity contribution in [1.29, 1.82) is 0 Å². The highest BCUT2D eigenvalue weighted by Gasteiger charge is 2.46. The number of aromatic amines is 1. The van der Waals surface area contributed by atoms with Gasteiger partial charge in [0.1, 0.15) is 17.2 Å². The normalized spacial score (nSPS) is 22.4. The Labute approximate surface area is 219 Å². The molecule has 0 radical (unpaired) electrons. The van der Waals surface area contributed by atoms with E-state index in [1.807, 2.05) is 6.92 Å². The second kappa shape index (κ2) is 9.86. The highest BCUT2D eigenvalue weighted by molar-refractivity contribution is 7.90. The SMILES string of the molecule is C[C@@H](CC1CCC2(CC1)OC(=O)NN=C2c1ccc(S(C)(=O)=O)cc1)NC(=O)c1cc2cc(F)ccc2[nH]1. The van der Waals surface area contributed by atoms with Crippen molar-refractivity contribution in [3.63, 3.8) is 0 Å². The Balaban J connectivity index is 1.22. The predicted molar refractivity (Wildman–Crippen MR) is 140 cm³/mol. The molecule has 3 N–H and O–H groups in total. The number of ether oxygens (including phenoxy) is 1.